The predicted molar refractivity (Wildman–Crippen MR) is 104 cm³/mol. The molecule has 0 fully saturated rings. The molecule has 0 spiro atoms. The van der Waals surface area contributed by atoms with Gasteiger partial charge in [-0.1, -0.05) is 70.0 Å². The van der Waals surface area contributed by atoms with E-state index >= 15 is 0 Å². The molecule has 0 aromatic carbocycles. The summed E-state index contributed by atoms with van der Waals surface area (Å²) in [5.74, 6) is 1.46. The van der Waals surface area contributed by atoms with Crippen LogP contribution in [0.5, 0.6) is 0 Å². The number of carbonyl (C=O) groups is 1. The van der Waals surface area contributed by atoms with Crippen molar-refractivity contribution in [1.82, 2.24) is 20.5 Å². The molecule has 0 bridgehead atoms. The minimum Gasteiger partial charge on any atom is -0.432 e. The molecule has 0 saturated heterocycles. The van der Waals surface area contributed by atoms with Crippen molar-refractivity contribution in [2.24, 2.45) is 0 Å². The Balaban J connectivity index is 2.17. The van der Waals surface area contributed by atoms with Crippen molar-refractivity contribution in [3.8, 4) is 0 Å². The molecule has 1 N–H and O–H groups in total. The van der Waals surface area contributed by atoms with Gasteiger partial charge in [-0.2, -0.15) is 0 Å². The number of aryl methyl sites for hydroxylation is 1. The van der Waals surface area contributed by atoms with Gasteiger partial charge in [0.2, 0.25) is 0 Å². The third-order valence-corrected chi connectivity index (χ3v) is 4.74. The molecule has 0 aliphatic heterocycles. The quantitative estimate of drug-likeness (QED) is 0.148. The normalized spacial score (nSPS) is 11.1. The lowest BCUT2D eigenvalue weighted by Gasteiger charge is -2.06. The summed E-state index contributed by atoms with van der Waals surface area (Å²) in [4.78, 5) is 17.7. The highest BCUT2D eigenvalue weighted by Gasteiger charge is 2.12. The second-order valence-electron chi connectivity index (χ2n) is 4.42. The maximum absolute atomic E-state index is 11.7. The monoisotopic (exact) mass is 382 g/mol. The second kappa shape index (κ2) is 13.3. The average Bonchev–Trinajstić information content (AvgIpc) is 2.94. The molecule has 0 unspecified atom stereocenters. The van der Waals surface area contributed by atoms with Gasteiger partial charge in [0.1, 0.15) is 12.3 Å². The topological polar surface area (TPSA) is 78.3 Å². The lowest BCUT2D eigenvalue weighted by atomic mass is 10.3. The van der Waals surface area contributed by atoms with Crippen molar-refractivity contribution in [3.05, 3.63) is 54.9 Å². The van der Waals surface area contributed by atoms with Crippen LogP contribution in [-0.4, -0.2) is 46.1 Å². The second-order valence-corrected chi connectivity index (χ2v) is 7.00. The van der Waals surface area contributed by atoms with E-state index in [1.165, 1.54) is 0 Å². The van der Waals surface area contributed by atoms with E-state index in [-0.39, 0.29) is 6.61 Å². The molecule has 0 aliphatic carbocycles. The minimum atomic E-state index is -0.823. The molecule has 25 heavy (non-hydrogen) atoms. The van der Waals surface area contributed by atoms with Crippen LogP contribution in [0.25, 0.3) is 6.08 Å². The Morgan fingerprint density at radius 1 is 1.32 bits per heavy atom. The molecule has 1 heterocycles. The SMILES string of the molecule is C=C/C=C\CNCSSCCOC(=O)On1nnc(C)c1/C=C\C=C. The van der Waals surface area contributed by atoms with Gasteiger partial charge in [0.05, 0.1) is 11.6 Å². The van der Waals surface area contributed by atoms with E-state index in [0.29, 0.717) is 17.1 Å². The van der Waals surface area contributed by atoms with Gasteiger partial charge in [-0.25, -0.2) is 4.79 Å². The maximum Gasteiger partial charge on any atom is 0.535 e. The van der Waals surface area contributed by atoms with Gasteiger partial charge in [0.25, 0.3) is 0 Å². The van der Waals surface area contributed by atoms with Crippen LogP contribution in [0.1, 0.15) is 11.4 Å². The number of nitrogens with one attached hydrogen (secondary N) is 1. The zero-order valence-electron chi connectivity index (χ0n) is 14.1. The van der Waals surface area contributed by atoms with Crippen LogP contribution in [0.4, 0.5) is 4.79 Å². The average molecular weight is 383 g/mol. The molecule has 0 atom stereocenters. The Labute approximate surface area is 155 Å². The van der Waals surface area contributed by atoms with Crippen molar-refractivity contribution >= 4 is 33.8 Å². The molecular formula is C16H22N4O3S2. The number of aromatic nitrogens is 3. The summed E-state index contributed by atoms with van der Waals surface area (Å²) >= 11 is 0. The highest BCUT2D eigenvalue weighted by atomic mass is 33.1. The zero-order chi connectivity index (χ0) is 18.3. The molecular weight excluding hydrogens is 360 g/mol. The summed E-state index contributed by atoms with van der Waals surface area (Å²) in [7, 11) is 3.25. The van der Waals surface area contributed by atoms with Crippen molar-refractivity contribution in [2.45, 2.75) is 6.92 Å². The van der Waals surface area contributed by atoms with Crippen LogP contribution in [0.2, 0.25) is 0 Å². The summed E-state index contributed by atoms with van der Waals surface area (Å²) in [5.41, 5.74) is 1.19. The maximum atomic E-state index is 11.7. The smallest absolute Gasteiger partial charge is 0.432 e. The Hall–Kier alpha value is -1.97. The van der Waals surface area contributed by atoms with Gasteiger partial charge in [-0.3, -0.25) is 4.84 Å². The Kier molecular flexibility index (Phi) is 11.2. The number of hydrogen-bond acceptors (Lipinski definition) is 8. The van der Waals surface area contributed by atoms with Gasteiger partial charge in [0.15, 0.2) is 0 Å². The minimum absolute atomic E-state index is 0.248. The first-order valence-electron chi connectivity index (χ1n) is 7.48. The number of hydrogen-bond donors (Lipinski definition) is 1. The molecule has 7 nitrogen and oxygen atoms in total. The van der Waals surface area contributed by atoms with Gasteiger partial charge in [0, 0.05) is 12.3 Å². The number of ether oxygens (including phenoxy) is 1. The van der Waals surface area contributed by atoms with Gasteiger partial charge < -0.3 is 10.1 Å². The first-order chi connectivity index (χ1) is 12.2. The first-order valence-corrected chi connectivity index (χ1v) is 9.97. The third-order valence-electron chi connectivity index (χ3n) is 2.57. The first kappa shape index (κ1) is 21.1. The van der Waals surface area contributed by atoms with E-state index in [4.69, 9.17) is 9.57 Å². The molecule has 0 saturated carbocycles. The molecule has 1 rings (SSSR count). The molecule has 0 aliphatic rings. The van der Waals surface area contributed by atoms with Crippen LogP contribution in [0.15, 0.2) is 43.5 Å². The van der Waals surface area contributed by atoms with E-state index < -0.39 is 6.16 Å². The van der Waals surface area contributed by atoms with Crippen LogP contribution in [0, 0.1) is 6.92 Å². The molecule has 0 amide bonds. The van der Waals surface area contributed by atoms with Crippen LogP contribution in [-0.2, 0) is 4.74 Å². The van der Waals surface area contributed by atoms with E-state index in [0.717, 1.165) is 17.3 Å². The molecule has 9 heteroatoms. The summed E-state index contributed by atoms with van der Waals surface area (Å²) < 4.78 is 5.00. The number of nitrogens with zero attached hydrogens (tertiary/aromatic N) is 3. The van der Waals surface area contributed by atoms with Crippen molar-refractivity contribution in [3.63, 3.8) is 0 Å². The van der Waals surface area contributed by atoms with Crippen LogP contribution in [0.3, 0.4) is 0 Å². The fourth-order valence-electron chi connectivity index (χ4n) is 1.46. The largest absolute Gasteiger partial charge is 0.535 e. The highest BCUT2D eigenvalue weighted by molar-refractivity contribution is 8.76. The number of allylic oxidation sites excluding steroid dienone is 4. The lowest BCUT2D eigenvalue weighted by molar-refractivity contribution is 0.0388. The fourth-order valence-corrected chi connectivity index (χ4v) is 3.07. The standard InChI is InChI=1S/C16H22N4O3S2/c1-4-6-8-10-17-13-25-24-12-11-22-16(21)23-20-15(9-7-5-2)14(3)18-19-20/h4-9,17H,1-2,10-13H2,3H3/b8-6-,9-7-. The van der Waals surface area contributed by atoms with E-state index in [1.54, 1.807) is 52.8 Å². The van der Waals surface area contributed by atoms with E-state index in [9.17, 15) is 4.79 Å². The number of rotatable bonds is 12. The fraction of sp³-hybridized carbons (Fsp3) is 0.312. The number of carbonyl (C=O) groups excluding carboxylic acids is 1. The summed E-state index contributed by atoms with van der Waals surface area (Å²) in [6.07, 6.45) is 9.79. The Morgan fingerprint density at radius 2 is 2.12 bits per heavy atom. The molecule has 0 radical (unpaired) electrons. The third kappa shape index (κ3) is 9.18. The molecule has 136 valence electrons. The highest BCUT2D eigenvalue weighted by Crippen LogP contribution is 2.18. The van der Waals surface area contributed by atoms with Gasteiger partial charge >= 0.3 is 6.16 Å². The van der Waals surface area contributed by atoms with Crippen molar-refractivity contribution in [2.75, 3.05) is 24.8 Å². The predicted octanol–water partition coefficient (Wildman–Crippen LogP) is 3.02. The van der Waals surface area contributed by atoms with E-state index in [1.807, 2.05) is 12.2 Å². The van der Waals surface area contributed by atoms with Crippen molar-refractivity contribution < 1.29 is 14.4 Å². The van der Waals surface area contributed by atoms with Gasteiger partial charge in [-0.05, 0) is 18.2 Å². The summed E-state index contributed by atoms with van der Waals surface area (Å²) in [6, 6.07) is 0. The van der Waals surface area contributed by atoms with Crippen LogP contribution >= 0.6 is 21.6 Å². The summed E-state index contributed by atoms with van der Waals surface area (Å²) in [5, 5.41) is 10.8. The Bertz CT molecular complexity index is 615. The van der Waals surface area contributed by atoms with Crippen LogP contribution < -0.4 is 10.2 Å². The van der Waals surface area contributed by atoms with E-state index in [2.05, 4.69) is 28.8 Å². The Morgan fingerprint density at radius 3 is 2.88 bits per heavy atom. The summed E-state index contributed by atoms with van der Waals surface area (Å²) in [6.45, 7) is 9.98. The molecule has 1 aromatic rings. The lowest BCUT2D eigenvalue weighted by Crippen LogP contribution is -2.23. The van der Waals surface area contributed by atoms with Crippen molar-refractivity contribution in [1.29, 1.82) is 0 Å². The van der Waals surface area contributed by atoms with Gasteiger partial charge in [-0.15, -0.1) is 5.10 Å². The molecule has 1 aromatic heterocycles. The zero-order valence-corrected chi connectivity index (χ0v) is 15.7.